The summed E-state index contributed by atoms with van der Waals surface area (Å²) in [5, 5.41) is 15.3. The van der Waals surface area contributed by atoms with Gasteiger partial charge in [0, 0.05) is 11.0 Å². The van der Waals surface area contributed by atoms with E-state index in [1.807, 2.05) is 6.07 Å². The molecule has 120 valence electrons. The van der Waals surface area contributed by atoms with Crippen LogP contribution in [0.1, 0.15) is 29.5 Å². The number of hydrogen-bond acceptors (Lipinski definition) is 4. The number of rotatable bonds is 2. The van der Waals surface area contributed by atoms with Gasteiger partial charge in [-0.1, -0.05) is 18.7 Å². The lowest BCUT2D eigenvalue weighted by Crippen LogP contribution is -2.14. The topological polar surface area (TPSA) is 56.8 Å². The van der Waals surface area contributed by atoms with Gasteiger partial charge in [-0.25, -0.2) is 4.39 Å². The minimum Gasteiger partial charge on any atom is -0.456 e. The molecular formula is C17H9F3N2OS. The zero-order valence-corrected chi connectivity index (χ0v) is 13.1. The largest absolute Gasteiger partial charge is 0.456 e. The first-order chi connectivity index (χ1) is 11.4. The van der Waals surface area contributed by atoms with Crippen LogP contribution in [0.5, 0.6) is 11.5 Å². The molecule has 0 saturated carbocycles. The maximum Gasteiger partial charge on any atom is 0.304 e. The van der Waals surface area contributed by atoms with Crippen molar-refractivity contribution in [3.05, 3.63) is 52.8 Å². The van der Waals surface area contributed by atoms with Crippen LogP contribution in [-0.4, -0.2) is 5.25 Å². The Labute approximate surface area is 140 Å². The van der Waals surface area contributed by atoms with Crippen LogP contribution in [0.3, 0.4) is 0 Å². The molecule has 2 aromatic carbocycles. The quantitative estimate of drug-likeness (QED) is 0.753. The van der Waals surface area contributed by atoms with Crippen LogP contribution in [0, 0.1) is 28.5 Å². The number of hydrogen-bond donors (Lipinski definition) is 0. The summed E-state index contributed by atoms with van der Waals surface area (Å²) in [6.07, 6.45) is 0. The Bertz CT molecular complexity index is 915. The molecule has 0 saturated heterocycles. The van der Waals surface area contributed by atoms with Crippen LogP contribution in [0.2, 0.25) is 0 Å². The maximum absolute atomic E-state index is 13.9. The van der Waals surface area contributed by atoms with Gasteiger partial charge in [0.05, 0.1) is 23.1 Å². The standard InChI is InChI=1S/C17H9F3N2OS/c1-9-16-13(8-22)14(2-3-15(16)24-17(9,19)20)23-12-5-10(7-21)4-11(18)6-12/h2-6,9H,1H3. The summed E-state index contributed by atoms with van der Waals surface area (Å²) in [5.41, 5.74) is 0.273. The first kappa shape index (κ1) is 16.2. The summed E-state index contributed by atoms with van der Waals surface area (Å²) in [4.78, 5) is 0.327. The van der Waals surface area contributed by atoms with Crippen molar-refractivity contribution in [1.29, 1.82) is 10.5 Å². The Balaban J connectivity index is 2.06. The van der Waals surface area contributed by atoms with Crippen molar-refractivity contribution in [2.45, 2.75) is 23.0 Å². The molecule has 0 N–H and O–H groups in total. The summed E-state index contributed by atoms with van der Waals surface area (Å²) >= 11 is 0.411. The lowest BCUT2D eigenvalue weighted by atomic mass is 9.96. The highest BCUT2D eigenvalue weighted by Crippen LogP contribution is 2.57. The Morgan fingerprint density at radius 3 is 2.58 bits per heavy atom. The molecule has 2 aromatic rings. The molecular weight excluding hydrogens is 337 g/mol. The van der Waals surface area contributed by atoms with Crippen molar-refractivity contribution in [3.63, 3.8) is 0 Å². The van der Waals surface area contributed by atoms with E-state index in [-0.39, 0.29) is 28.2 Å². The predicted molar refractivity (Wildman–Crippen MR) is 81.6 cm³/mol. The summed E-state index contributed by atoms with van der Waals surface area (Å²) in [6.45, 7) is 1.35. The fraction of sp³-hybridized carbons (Fsp3) is 0.176. The second kappa shape index (κ2) is 5.77. The van der Waals surface area contributed by atoms with Gasteiger partial charge in [0.1, 0.15) is 23.4 Å². The highest BCUT2D eigenvalue weighted by Gasteiger charge is 2.47. The number of fused-ring (bicyclic) bond motifs is 1. The van der Waals surface area contributed by atoms with Crippen molar-refractivity contribution >= 4 is 11.8 Å². The van der Waals surface area contributed by atoms with E-state index >= 15 is 0 Å². The first-order valence-corrected chi connectivity index (χ1v) is 7.69. The molecule has 1 aliphatic rings. The second-order valence-electron chi connectivity index (χ2n) is 5.24. The Hall–Kier alpha value is -2.64. The monoisotopic (exact) mass is 346 g/mol. The van der Waals surface area contributed by atoms with E-state index in [1.54, 1.807) is 6.07 Å². The van der Waals surface area contributed by atoms with Gasteiger partial charge in [-0.15, -0.1) is 0 Å². The molecule has 1 atom stereocenters. The second-order valence-corrected chi connectivity index (χ2v) is 6.43. The van der Waals surface area contributed by atoms with Gasteiger partial charge in [0.2, 0.25) is 0 Å². The third kappa shape index (κ3) is 2.68. The summed E-state index contributed by atoms with van der Waals surface area (Å²) in [5.74, 6) is -1.74. The molecule has 0 fully saturated rings. The van der Waals surface area contributed by atoms with Crippen molar-refractivity contribution in [2.24, 2.45) is 0 Å². The molecule has 3 rings (SSSR count). The van der Waals surface area contributed by atoms with Gasteiger partial charge in [-0.3, -0.25) is 0 Å². The number of alkyl halides is 2. The van der Waals surface area contributed by atoms with E-state index in [4.69, 9.17) is 10.00 Å². The number of thioether (sulfide) groups is 1. The van der Waals surface area contributed by atoms with Gasteiger partial charge in [-0.05, 0) is 29.8 Å². The van der Waals surface area contributed by atoms with E-state index in [0.29, 0.717) is 16.7 Å². The third-order valence-corrected chi connectivity index (χ3v) is 4.89. The lowest BCUT2D eigenvalue weighted by molar-refractivity contribution is 0.0840. The number of ether oxygens (including phenoxy) is 1. The van der Waals surface area contributed by atoms with Crippen molar-refractivity contribution in [3.8, 4) is 23.6 Å². The Morgan fingerprint density at radius 1 is 1.17 bits per heavy atom. The summed E-state index contributed by atoms with van der Waals surface area (Å²) in [7, 11) is 0. The van der Waals surface area contributed by atoms with Crippen LogP contribution < -0.4 is 4.74 Å². The van der Waals surface area contributed by atoms with Gasteiger partial charge >= 0.3 is 5.25 Å². The van der Waals surface area contributed by atoms with E-state index in [0.717, 1.165) is 12.1 Å². The van der Waals surface area contributed by atoms with Crippen LogP contribution in [0.4, 0.5) is 13.2 Å². The molecule has 1 heterocycles. The van der Waals surface area contributed by atoms with Gasteiger partial charge in [0.25, 0.3) is 0 Å². The third-order valence-electron chi connectivity index (χ3n) is 3.69. The molecule has 0 amide bonds. The zero-order valence-electron chi connectivity index (χ0n) is 12.3. The summed E-state index contributed by atoms with van der Waals surface area (Å²) in [6, 6.07) is 9.96. The molecule has 3 nitrogen and oxygen atoms in total. The van der Waals surface area contributed by atoms with Crippen molar-refractivity contribution in [2.75, 3.05) is 0 Å². The number of nitrogens with zero attached hydrogens (tertiary/aromatic N) is 2. The Morgan fingerprint density at radius 2 is 1.92 bits per heavy atom. The molecule has 1 unspecified atom stereocenters. The number of benzene rings is 2. The summed E-state index contributed by atoms with van der Waals surface area (Å²) < 4.78 is 46.8. The fourth-order valence-electron chi connectivity index (χ4n) is 2.52. The molecule has 7 heteroatoms. The van der Waals surface area contributed by atoms with Crippen LogP contribution in [0.25, 0.3) is 0 Å². The minimum absolute atomic E-state index is 0.00700. The van der Waals surface area contributed by atoms with Crippen molar-refractivity contribution < 1.29 is 17.9 Å². The smallest absolute Gasteiger partial charge is 0.304 e. The van der Waals surface area contributed by atoms with Crippen LogP contribution in [-0.2, 0) is 0 Å². The first-order valence-electron chi connectivity index (χ1n) is 6.88. The van der Waals surface area contributed by atoms with Gasteiger partial charge < -0.3 is 4.74 Å². The number of nitriles is 2. The van der Waals surface area contributed by atoms with E-state index in [2.05, 4.69) is 0 Å². The van der Waals surface area contributed by atoms with E-state index in [9.17, 15) is 18.4 Å². The van der Waals surface area contributed by atoms with Gasteiger partial charge in [0.15, 0.2) is 0 Å². The average Bonchev–Trinajstić information content (AvgIpc) is 2.77. The molecule has 24 heavy (non-hydrogen) atoms. The molecule has 1 aliphatic heterocycles. The van der Waals surface area contributed by atoms with E-state index in [1.165, 1.54) is 25.1 Å². The van der Waals surface area contributed by atoms with E-state index < -0.39 is 17.0 Å². The molecule has 0 aromatic heterocycles. The minimum atomic E-state index is -3.00. The normalized spacial score (nSPS) is 17.7. The van der Waals surface area contributed by atoms with Crippen LogP contribution >= 0.6 is 11.8 Å². The molecule has 0 aliphatic carbocycles. The van der Waals surface area contributed by atoms with Gasteiger partial charge in [-0.2, -0.15) is 19.3 Å². The molecule has 0 radical (unpaired) electrons. The lowest BCUT2D eigenvalue weighted by Gasteiger charge is -2.15. The highest BCUT2D eigenvalue weighted by molar-refractivity contribution is 8.00. The average molecular weight is 346 g/mol. The molecule has 0 spiro atoms. The predicted octanol–water partition coefficient (Wildman–Crippen LogP) is 5.16. The fourth-order valence-corrected chi connectivity index (χ4v) is 3.63. The zero-order chi connectivity index (χ0) is 17.5. The Kier molecular flexibility index (Phi) is 3.90. The maximum atomic E-state index is 13.9. The SMILES string of the molecule is CC1c2c(ccc(Oc3cc(F)cc(C#N)c3)c2C#N)SC1(F)F. The number of halogens is 3. The van der Waals surface area contributed by atoms with Crippen molar-refractivity contribution in [1.82, 2.24) is 0 Å². The van der Waals surface area contributed by atoms with Crippen LogP contribution in [0.15, 0.2) is 35.2 Å². The highest BCUT2D eigenvalue weighted by atomic mass is 32.2. The molecule has 0 bridgehead atoms.